The van der Waals surface area contributed by atoms with Crippen molar-refractivity contribution in [3.05, 3.63) is 12.7 Å². The number of nitrogens with two attached hydrogens (primary N) is 1. The quantitative estimate of drug-likeness (QED) is 0.499. The number of hydrogen-bond acceptors (Lipinski definition) is 1. The van der Waals surface area contributed by atoms with E-state index < -0.39 is 10.2 Å². The van der Waals surface area contributed by atoms with Crippen molar-refractivity contribution in [1.82, 2.24) is 0 Å². The van der Waals surface area contributed by atoms with Gasteiger partial charge in [-0.3, -0.25) is 4.79 Å². The average molecular weight is 168 g/mol. The van der Waals surface area contributed by atoms with Gasteiger partial charge in [-0.1, -0.05) is 29.3 Å². The zero-order chi connectivity index (χ0) is 7.49. The van der Waals surface area contributed by atoms with Crippen molar-refractivity contribution in [3.63, 3.8) is 0 Å². The van der Waals surface area contributed by atoms with E-state index in [1.807, 2.05) is 0 Å². The third kappa shape index (κ3) is 2.72. The molecule has 0 bridgehead atoms. The Balaban J connectivity index is 4.00. The van der Waals surface area contributed by atoms with E-state index in [1.54, 1.807) is 0 Å². The second-order valence-corrected chi connectivity index (χ2v) is 3.05. The third-order valence-electron chi connectivity index (χ3n) is 0.761. The topological polar surface area (TPSA) is 43.1 Å². The van der Waals surface area contributed by atoms with Crippen LogP contribution in [0.1, 0.15) is 6.42 Å². The summed E-state index contributed by atoms with van der Waals surface area (Å²) in [4.78, 5) is 10.3. The average Bonchev–Trinajstić information content (AvgIpc) is 1.65. The van der Waals surface area contributed by atoms with Crippen molar-refractivity contribution >= 4 is 29.1 Å². The standard InChI is InChI=1S/C5H7Cl2NO/c1-2-3-5(6,7)4(8)9/h2H,1,3H2,(H2,8,9). The second-order valence-electron chi connectivity index (χ2n) is 1.56. The van der Waals surface area contributed by atoms with Gasteiger partial charge in [0.2, 0.25) is 0 Å². The minimum atomic E-state index is -1.48. The van der Waals surface area contributed by atoms with E-state index >= 15 is 0 Å². The largest absolute Gasteiger partial charge is 0.367 e. The maximum atomic E-state index is 10.3. The minimum absolute atomic E-state index is 0.172. The van der Waals surface area contributed by atoms with Gasteiger partial charge < -0.3 is 5.73 Å². The van der Waals surface area contributed by atoms with Crippen molar-refractivity contribution in [2.24, 2.45) is 5.73 Å². The highest BCUT2D eigenvalue weighted by atomic mass is 35.5. The molecule has 0 saturated carbocycles. The van der Waals surface area contributed by atoms with Gasteiger partial charge in [-0.15, -0.1) is 6.58 Å². The van der Waals surface area contributed by atoms with Crippen LogP contribution in [0.4, 0.5) is 0 Å². The fourth-order valence-electron chi connectivity index (χ4n) is 0.282. The summed E-state index contributed by atoms with van der Waals surface area (Å²) in [6, 6.07) is 0. The molecule has 0 aromatic rings. The summed E-state index contributed by atoms with van der Waals surface area (Å²) < 4.78 is -1.48. The van der Waals surface area contributed by atoms with E-state index in [9.17, 15) is 4.79 Å². The molecule has 0 atom stereocenters. The molecule has 0 spiro atoms. The maximum absolute atomic E-state index is 10.3. The predicted molar refractivity (Wildman–Crippen MR) is 38.4 cm³/mol. The molecule has 2 N–H and O–H groups in total. The van der Waals surface area contributed by atoms with Gasteiger partial charge in [-0.2, -0.15) is 0 Å². The van der Waals surface area contributed by atoms with Crippen LogP contribution in [-0.2, 0) is 4.79 Å². The van der Waals surface area contributed by atoms with Crippen LogP contribution < -0.4 is 5.73 Å². The highest BCUT2D eigenvalue weighted by Gasteiger charge is 2.28. The lowest BCUT2D eigenvalue weighted by Crippen LogP contribution is -2.32. The number of rotatable bonds is 3. The third-order valence-corrected chi connectivity index (χ3v) is 1.44. The molecule has 0 aliphatic heterocycles. The summed E-state index contributed by atoms with van der Waals surface area (Å²) in [7, 11) is 0. The van der Waals surface area contributed by atoms with Crippen molar-refractivity contribution in [3.8, 4) is 0 Å². The highest BCUT2D eigenvalue weighted by molar-refractivity contribution is 6.58. The molecule has 52 valence electrons. The Bertz CT molecular complexity index is 133. The van der Waals surface area contributed by atoms with E-state index in [4.69, 9.17) is 28.9 Å². The van der Waals surface area contributed by atoms with Crippen LogP contribution >= 0.6 is 23.2 Å². The zero-order valence-corrected chi connectivity index (χ0v) is 6.24. The van der Waals surface area contributed by atoms with Gasteiger partial charge in [0.1, 0.15) is 0 Å². The number of hydrogen-bond donors (Lipinski definition) is 1. The Kier molecular flexibility index (Phi) is 3.01. The molecule has 9 heavy (non-hydrogen) atoms. The minimum Gasteiger partial charge on any atom is -0.367 e. The molecule has 0 unspecified atom stereocenters. The lowest BCUT2D eigenvalue weighted by atomic mass is 10.3. The number of amides is 1. The molecule has 0 rings (SSSR count). The summed E-state index contributed by atoms with van der Waals surface area (Å²) in [6.07, 6.45) is 1.61. The summed E-state index contributed by atoms with van der Waals surface area (Å²) in [6.45, 7) is 3.35. The van der Waals surface area contributed by atoms with E-state index in [1.165, 1.54) is 6.08 Å². The summed E-state index contributed by atoms with van der Waals surface area (Å²) in [5.41, 5.74) is 4.81. The number of carbonyl (C=O) groups is 1. The molecular formula is C5H7Cl2NO. The molecule has 0 saturated heterocycles. The molecule has 0 aliphatic carbocycles. The van der Waals surface area contributed by atoms with Crippen molar-refractivity contribution < 1.29 is 4.79 Å². The monoisotopic (exact) mass is 167 g/mol. The van der Waals surface area contributed by atoms with Gasteiger partial charge >= 0.3 is 0 Å². The predicted octanol–water partition coefficient (Wildman–Crippen LogP) is 1.22. The van der Waals surface area contributed by atoms with E-state index in [0.29, 0.717) is 0 Å². The van der Waals surface area contributed by atoms with Gasteiger partial charge in [0.15, 0.2) is 4.33 Å². The van der Waals surface area contributed by atoms with Gasteiger partial charge in [0, 0.05) is 6.42 Å². The molecule has 1 amide bonds. The summed E-state index contributed by atoms with van der Waals surface area (Å²) in [5.74, 6) is -0.745. The maximum Gasteiger partial charge on any atom is 0.254 e. The molecular weight excluding hydrogens is 161 g/mol. The van der Waals surface area contributed by atoms with Crippen LogP contribution in [0.3, 0.4) is 0 Å². The molecule has 2 nitrogen and oxygen atoms in total. The molecule has 0 fully saturated rings. The Labute approximate surface area is 63.6 Å². The van der Waals surface area contributed by atoms with Crippen LogP contribution in [0.15, 0.2) is 12.7 Å². The smallest absolute Gasteiger partial charge is 0.254 e. The van der Waals surface area contributed by atoms with Gasteiger partial charge in [0.25, 0.3) is 5.91 Å². The molecule has 0 aromatic carbocycles. The van der Waals surface area contributed by atoms with Gasteiger partial charge in [-0.05, 0) is 0 Å². The zero-order valence-electron chi connectivity index (χ0n) is 4.73. The lowest BCUT2D eigenvalue weighted by molar-refractivity contribution is -0.118. The number of halogens is 2. The first-order chi connectivity index (χ1) is 4.00. The van der Waals surface area contributed by atoms with Crippen molar-refractivity contribution in [2.45, 2.75) is 10.8 Å². The number of carbonyl (C=O) groups excluding carboxylic acids is 1. The fourth-order valence-corrected chi connectivity index (χ4v) is 0.500. The van der Waals surface area contributed by atoms with Gasteiger partial charge in [0.05, 0.1) is 0 Å². The first-order valence-corrected chi connectivity index (χ1v) is 3.05. The Hall–Kier alpha value is -0.210. The Morgan fingerprint density at radius 3 is 2.33 bits per heavy atom. The lowest BCUT2D eigenvalue weighted by Gasteiger charge is -2.10. The molecule has 4 heteroatoms. The first-order valence-electron chi connectivity index (χ1n) is 2.29. The van der Waals surface area contributed by atoms with Crippen LogP contribution in [0.5, 0.6) is 0 Å². The van der Waals surface area contributed by atoms with Crippen LogP contribution in [-0.4, -0.2) is 10.2 Å². The number of primary amides is 1. The molecule has 0 radical (unpaired) electrons. The number of allylic oxidation sites excluding steroid dienone is 1. The SMILES string of the molecule is C=CCC(Cl)(Cl)C(N)=O. The van der Waals surface area contributed by atoms with Gasteiger partial charge in [-0.25, -0.2) is 0 Å². The van der Waals surface area contributed by atoms with E-state index in [-0.39, 0.29) is 6.42 Å². The fraction of sp³-hybridized carbons (Fsp3) is 0.400. The number of alkyl halides is 2. The van der Waals surface area contributed by atoms with E-state index in [0.717, 1.165) is 0 Å². The Morgan fingerprint density at radius 1 is 1.78 bits per heavy atom. The molecule has 0 heterocycles. The second kappa shape index (κ2) is 3.08. The normalized spacial score (nSPS) is 10.9. The van der Waals surface area contributed by atoms with E-state index in [2.05, 4.69) is 6.58 Å². The highest BCUT2D eigenvalue weighted by Crippen LogP contribution is 2.24. The van der Waals surface area contributed by atoms with Crippen LogP contribution in [0.25, 0.3) is 0 Å². The summed E-state index contributed by atoms with van der Waals surface area (Å²) >= 11 is 10.8. The van der Waals surface area contributed by atoms with Crippen LogP contribution in [0, 0.1) is 0 Å². The molecule has 0 aromatic heterocycles. The molecule has 0 aliphatic rings. The Morgan fingerprint density at radius 2 is 2.22 bits per heavy atom. The first kappa shape index (κ1) is 8.79. The van der Waals surface area contributed by atoms with Crippen LogP contribution in [0.2, 0.25) is 0 Å². The van der Waals surface area contributed by atoms with Crippen molar-refractivity contribution in [2.75, 3.05) is 0 Å². The summed E-state index contributed by atoms with van der Waals surface area (Å²) in [5, 5.41) is 0. The van der Waals surface area contributed by atoms with Crippen molar-refractivity contribution in [1.29, 1.82) is 0 Å².